The minimum Gasteiger partial charge on any atom is -0.299 e. The number of hydrogen-bond acceptors (Lipinski definition) is 15. The number of benzene rings is 14. The number of aryl methyl sites for hydroxylation is 6. The van der Waals surface area contributed by atoms with Gasteiger partial charge in [0.15, 0.2) is 59.0 Å². The normalized spacial score (nSPS) is 25.0. The monoisotopic (exact) mass is 2020 g/mol. The van der Waals surface area contributed by atoms with Crippen molar-refractivity contribution in [3.05, 3.63) is 416 Å². The van der Waals surface area contributed by atoms with E-state index in [2.05, 4.69) is 0 Å². The third-order valence-corrected chi connectivity index (χ3v) is 45.1. The third-order valence-electron chi connectivity index (χ3n) is 30.8. The molecule has 14 aromatic carbocycles. The Balaban J connectivity index is 0.000000139. The number of hydrogen-bond donors (Lipinski definition) is 0. The van der Waals surface area contributed by atoms with Crippen molar-refractivity contribution >= 4 is 121 Å². The van der Waals surface area contributed by atoms with Crippen LogP contribution in [0.4, 0.5) is 4.39 Å². The molecule has 0 spiro atoms. The molecule has 20 rings (SSSR count). The molecule has 6 unspecified atom stereocenters. The van der Waals surface area contributed by atoms with Crippen LogP contribution in [0.5, 0.6) is 0 Å². The number of halogens is 3. The number of carbonyl (C=O) groups excluding carboxylic acids is 3. The molecule has 0 bridgehead atoms. The summed E-state index contributed by atoms with van der Waals surface area (Å²) in [4.78, 5) is 43.4. The molecule has 6 fully saturated rings. The summed E-state index contributed by atoms with van der Waals surface area (Å²) in [5, 5.41) is -1.14. The predicted octanol–water partition coefficient (Wildman–Crippen LogP) is 24.3. The summed E-state index contributed by atoms with van der Waals surface area (Å²) in [5.41, 5.74) is 10.1. The van der Waals surface area contributed by atoms with Crippen molar-refractivity contribution < 1.29 is 69.3 Å². The summed E-state index contributed by atoms with van der Waals surface area (Å²) in [6.07, 6.45) is 0.625. The van der Waals surface area contributed by atoms with Crippen LogP contribution in [0.1, 0.15) is 160 Å². The lowest BCUT2D eigenvalue weighted by Crippen LogP contribution is -2.53. The molecule has 6 saturated carbocycles. The third kappa shape index (κ3) is 19.4. The summed E-state index contributed by atoms with van der Waals surface area (Å²) >= 11 is 12.3. The molecule has 18 atom stereocenters. The Morgan fingerprint density at radius 2 is 0.479 bits per heavy atom. The predicted molar refractivity (Wildman–Crippen MR) is 551 cm³/mol. The average Bonchev–Trinajstić information content (AvgIpc) is 0.725. The van der Waals surface area contributed by atoms with Crippen LogP contribution < -0.4 is 0 Å². The Morgan fingerprint density at radius 1 is 0.229 bits per heavy atom. The molecule has 0 amide bonds. The van der Waals surface area contributed by atoms with Gasteiger partial charge in [0.2, 0.25) is 0 Å². The van der Waals surface area contributed by atoms with E-state index in [-0.39, 0.29) is 110 Å². The van der Waals surface area contributed by atoms with Gasteiger partial charge < -0.3 is 0 Å². The first-order valence-corrected chi connectivity index (χ1v) is 57.6. The van der Waals surface area contributed by atoms with E-state index in [9.17, 15) is 64.9 Å². The van der Waals surface area contributed by atoms with Crippen molar-refractivity contribution in [3.8, 4) is 0 Å². The number of sulfone groups is 6. The van der Waals surface area contributed by atoms with Gasteiger partial charge in [-0.25, -0.2) is 54.9 Å². The van der Waals surface area contributed by atoms with E-state index in [0.717, 1.165) is 82.7 Å². The number of Topliss-reactive ketones (excluding diaryl/α,β-unsaturated/α-hetero) is 3. The van der Waals surface area contributed by atoms with Crippen LogP contribution in [-0.2, 0) is 73.4 Å². The molecule has 6 aliphatic rings. The minimum atomic E-state index is -4.11. The zero-order valence-electron chi connectivity index (χ0n) is 78.2. The lowest BCUT2D eigenvalue weighted by atomic mass is 9.61. The highest BCUT2D eigenvalue weighted by Crippen LogP contribution is 2.60. The molecular formula is C116H109Cl2FO15S6. The van der Waals surface area contributed by atoms with E-state index in [4.69, 9.17) is 23.2 Å². The molecule has 0 radical (unpaired) electrons. The Morgan fingerprint density at radius 3 is 0.829 bits per heavy atom. The second-order valence-corrected chi connectivity index (χ2v) is 52.9. The molecular weight excluding hydrogens is 1920 g/mol. The second kappa shape index (κ2) is 40.0. The first-order chi connectivity index (χ1) is 66.9. The van der Waals surface area contributed by atoms with Crippen LogP contribution in [0.25, 0.3) is 21.5 Å². The summed E-state index contributed by atoms with van der Waals surface area (Å²) in [6.45, 7) is 11.5. The SMILES string of the molecule is Cc1ccc(S(=O)(=O)C2C[C@H]3C(=O)C[C@@H](c4ccccc4F)C(S(=O)(=O)c4ccc(C)cc4)[C@H]3C[C@H]2c2cccc3ccccc23)cc1.Cc1ccc([C@@H]2CC(=O)[C@@H]3CC(S(=O)(=O)c4ccc(C)cc4)[C@H](c4cccc5ccccc45)C[C@@H]3C2S(=O)(=O)c2ccc(Cl)cc2)cc1.Cc1ccc([C@@H]2C[C@@H]3C(S(=O)(=O)c4ccc(C)cc4)[C@H](c4ccccc4)CC(=O)[C@@H]3CC2S(=O)(=O)c2ccc(Cl)cc2)cc1. The highest BCUT2D eigenvalue weighted by molar-refractivity contribution is 7.93. The summed E-state index contributed by atoms with van der Waals surface area (Å²) < 4.78 is 191. The largest absolute Gasteiger partial charge is 0.299 e. The van der Waals surface area contributed by atoms with Gasteiger partial charge >= 0.3 is 0 Å². The Labute approximate surface area is 831 Å². The fourth-order valence-corrected chi connectivity index (χ4v) is 37.0. The van der Waals surface area contributed by atoms with E-state index in [1.807, 2.05) is 205 Å². The first kappa shape index (κ1) is 99.0. The molecule has 0 heterocycles. The van der Waals surface area contributed by atoms with Gasteiger partial charge in [-0.2, -0.15) is 0 Å². The number of rotatable bonds is 18. The van der Waals surface area contributed by atoms with E-state index in [1.54, 1.807) is 140 Å². The second-order valence-electron chi connectivity index (χ2n) is 39.2. The van der Waals surface area contributed by atoms with E-state index >= 15 is 4.39 Å². The maximum absolute atomic E-state index is 15.5. The van der Waals surface area contributed by atoms with Crippen molar-refractivity contribution in [1.82, 2.24) is 0 Å². The van der Waals surface area contributed by atoms with Gasteiger partial charge in [-0.05, 0) is 256 Å². The quantitative estimate of drug-likeness (QED) is 0.0774. The molecule has 14 aromatic rings. The Hall–Kier alpha value is -11.2. The van der Waals surface area contributed by atoms with Crippen LogP contribution in [-0.4, -0.2) is 99.4 Å². The van der Waals surface area contributed by atoms with Crippen molar-refractivity contribution in [2.24, 2.45) is 35.5 Å². The van der Waals surface area contributed by atoms with Crippen LogP contribution in [0.15, 0.2) is 363 Å². The maximum Gasteiger partial charge on any atom is 0.182 e. The van der Waals surface area contributed by atoms with Gasteiger partial charge in [-0.3, -0.25) is 14.4 Å². The van der Waals surface area contributed by atoms with Crippen molar-refractivity contribution in [1.29, 1.82) is 0 Å². The molecule has 140 heavy (non-hydrogen) atoms. The molecule has 6 aliphatic carbocycles. The van der Waals surface area contributed by atoms with Crippen molar-refractivity contribution in [2.75, 3.05) is 0 Å². The van der Waals surface area contributed by atoms with E-state index < -0.39 is 167 Å². The molecule has 15 nitrogen and oxygen atoms in total. The van der Waals surface area contributed by atoms with Gasteiger partial charge in [0, 0.05) is 82.6 Å². The van der Waals surface area contributed by atoms with Gasteiger partial charge in [0.25, 0.3) is 0 Å². The van der Waals surface area contributed by atoms with E-state index in [0.29, 0.717) is 10.0 Å². The van der Waals surface area contributed by atoms with Gasteiger partial charge in [0.1, 0.15) is 23.2 Å². The Kier molecular flexibility index (Phi) is 28.3. The molecule has 0 saturated heterocycles. The lowest BCUT2D eigenvalue weighted by molar-refractivity contribution is -0.129. The number of carbonyl (C=O) groups is 3. The fraction of sp³-hybridized carbons (Fsp3) is 0.284. The van der Waals surface area contributed by atoms with Crippen LogP contribution in [0.2, 0.25) is 10.0 Å². The average molecular weight is 2030 g/mol. The van der Waals surface area contributed by atoms with Crippen LogP contribution in [0, 0.1) is 82.9 Å². The molecule has 720 valence electrons. The molecule has 24 heteroatoms. The zero-order valence-corrected chi connectivity index (χ0v) is 84.6. The van der Waals surface area contributed by atoms with Gasteiger partial charge in [-0.15, -0.1) is 0 Å². The Bertz CT molecular complexity index is 7770. The van der Waals surface area contributed by atoms with Gasteiger partial charge in [0.05, 0.1) is 60.9 Å². The first-order valence-electron chi connectivity index (χ1n) is 47.6. The van der Waals surface area contributed by atoms with Gasteiger partial charge in [-0.1, -0.05) is 287 Å². The van der Waals surface area contributed by atoms with Crippen LogP contribution >= 0.6 is 23.2 Å². The topological polar surface area (TPSA) is 256 Å². The fourth-order valence-electron chi connectivity index (χ4n) is 23.8. The lowest BCUT2D eigenvalue weighted by Gasteiger charge is -2.48. The zero-order chi connectivity index (χ0) is 98.8. The van der Waals surface area contributed by atoms with E-state index in [1.165, 1.54) is 30.3 Å². The summed E-state index contributed by atoms with van der Waals surface area (Å²) in [7, 11) is -23.8. The number of ketones is 3. The summed E-state index contributed by atoms with van der Waals surface area (Å²) in [6, 6.07) is 97.8. The van der Waals surface area contributed by atoms with Crippen molar-refractivity contribution in [2.45, 2.75) is 196 Å². The standard InChI is InChI=1S/C40H37ClO5S2.C40H37FO5S2.C36H35ClO5S2/c1-25-10-14-28(15-11-25)34-23-38(42)35-24-39(47(43,44)30-18-12-26(2)13-19-30)36(33-9-5-7-27-6-3-4-8-32(27)33)22-37(35)40(34)48(45,46)31-20-16-29(41)17-21-31;1-25-14-18-28(19-15-25)47(43,44)39-24-33-35(22-34(39)31-12-7-9-27-8-3-4-10-30(27)31)40(48(45,46)29-20-16-26(2)17-21-29)36(23-38(33)42)32-11-5-6-13-37(32)41;1-23-8-12-26(13-9-23)30-20-33-32(22-35(30)43(39,40)28-18-14-27(37)15-19-28)34(38)21-31(25-6-4-3-5-7-25)36(33)44(41,42)29-16-10-24(2)11-17-29/h3-21,34-37,39-40H,22-24H2,1-2H3;3-21,33-36,39-40H,22-24H2,1-2H3;3-19,30-33,35-36H,20-22H2,1-2H3/t34-,35+,36-,37-,39?,40?;33-,34+,35+,36+,39?,40?;30-,31-,32+,33-,35?,36?/m010/s1. The maximum atomic E-state index is 15.5. The summed E-state index contributed by atoms with van der Waals surface area (Å²) in [5.74, 6) is -8.80. The highest BCUT2D eigenvalue weighted by atomic mass is 35.5. The smallest absolute Gasteiger partial charge is 0.182 e. The molecule has 0 N–H and O–H groups in total. The highest BCUT2D eigenvalue weighted by Gasteiger charge is 2.61. The number of fused-ring (bicyclic) bond motifs is 5. The minimum absolute atomic E-state index is 0.0164. The van der Waals surface area contributed by atoms with Crippen molar-refractivity contribution in [3.63, 3.8) is 0 Å². The molecule has 0 aromatic heterocycles. The van der Waals surface area contributed by atoms with Crippen LogP contribution in [0.3, 0.4) is 0 Å². The molecule has 0 aliphatic heterocycles.